The van der Waals surface area contributed by atoms with Gasteiger partial charge in [-0.15, -0.1) is 0 Å². The van der Waals surface area contributed by atoms with E-state index in [1.54, 1.807) is 12.1 Å². The van der Waals surface area contributed by atoms with Crippen molar-refractivity contribution in [2.45, 2.75) is 23.8 Å². The van der Waals surface area contributed by atoms with Gasteiger partial charge in [-0.05, 0) is 42.3 Å². The number of amides is 2. The Morgan fingerprint density at radius 2 is 2.00 bits per heavy atom. The molecule has 6 N–H and O–H groups in total. The Bertz CT molecular complexity index is 857. The Balaban J connectivity index is 1.88. The van der Waals surface area contributed by atoms with Gasteiger partial charge in [0.15, 0.2) is 0 Å². The van der Waals surface area contributed by atoms with Gasteiger partial charge in [0, 0.05) is 11.0 Å². The summed E-state index contributed by atoms with van der Waals surface area (Å²) in [5.41, 5.74) is 10.2. The lowest BCUT2D eigenvalue weighted by Crippen LogP contribution is -2.54. The Morgan fingerprint density at radius 1 is 1.31 bits per heavy atom. The van der Waals surface area contributed by atoms with Gasteiger partial charge in [0.25, 0.3) is 0 Å². The fraction of sp³-hybridized carbons (Fsp3) is 0.438. The third kappa shape index (κ3) is 7.18. The molecular formula is C16H23BrN6O5S. The first kappa shape index (κ1) is 22.9. The third-order valence-electron chi connectivity index (χ3n) is 3.97. The minimum Gasteiger partial charge on any atom is -0.391 e. The van der Waals surface area contributed by atoms with Crippen LogP contribution in [-0.2, 0) is 24.4 Å². The van der Waals surface area contributed by atoms with Gasteiger partial charge >= 0.3 is 0 Å². The number of nitrogens with one attached hydrogen (secondary N) is 2. The van der Waals surface area contributed by atoms with Crippen molar-refractivity contribution in [1.82, 2.24) is 14.9 Å². The zero-order valence-corrected chi connectivity index (χ0v) is 17.9. The quantitative estimate of drug-likeness (QED) is 0.149. The maximum Gasteiger partial charge on any atom is 0.241 e. The molecule has 0 bridgehead atoms. The van der Waals surface area contributed by atoms with Gasteiger partial charge in [0.05, 0.1) is 18.0 Å². The number of halogens is 1. The first-order chi connectivity index (χ1) is 13.7. The number of carbonyl (C=O) groups is 2. The van der Waals surface area contributed by atoms with Crippen LogP contribution in [0.25, 0.3) is 0 Å². The van der Waals surface area contributed by atoms with Gasteiger partial charge in [-0.1, -0.05) is 15.9 Å². The standard InChI is InChI=1S/C16H23BrN6O5S/c17-11-3-5-12(6-4-11)29(26,27)22-13-2-1-8-23(15(13)25)10-14(24)20-7-9-28-21-16(18)19/h3-6,13,22H,1-2,7-10H2,(H,20,24)(H4,18,19,21)/t13-/m0/s1. The van der Waals surface area contributed by atoms with Crippen molar-refractivity contribution in [2.75, 3.05) is 26.2 Å². The molecule has 11 nitrogen and oxygen atoms in total. The van der Waals surface area contributed by atoms with Gasteiger partial charge in [-0.25, -0.2) is 8.42 Å². The molecule has 0 radical (unpaired) electrons. The van der Waals surface area contributed by atoms with Crippen molar-refractivity contribution in [1.29, 1.82) is 0 Å². The highest BCUT2D eigenvalue weighted by atomic mass is 79.9. The second-order valence-corrected chi connectivity index (χ2v) is 8.86. The Morgan fingerprint density at radius 3 is 2.66 bits per heavy atom. The van der Waals surface area contributed by atoms with E-state index < -0.39 is 27.9 Å². The van der Waals surface area contributed by atoms with Crippen LogP contribution in [0.15, 0.2) is 38.8 Å². The first-order valence-electron chi connectivity index (χ1n) is 8.73. The van der Waals surface area contributed by atoms with Crippen molar-refractivity contribution >= 4 is 43.7 Å². The Hall–Kier alpha value is -2.38. The molecule has 0 aromatic heterocycles. The van der Waals surface area contributed by atoms with Gasteiger partial charge in [-0.3, -0.25) is 9.59 Å². The van der Waals surface area contributed by atoms with E-state index in [0.29, 0.717) is 19.4 Å². The van der Waals surface area contributed by atoms with E-state index in [2.05, 4.69) is 31.1 Å². The highest BCUT2D eigenvalue weighted by Crippen LogP contribution is 2.18. The van der Waals surface area contributed by atoms with Crippen LogP contribution in [0.4, 0.5) is 0 Å². The van der Waals surface area contributed by atoms with Crippen molar-refractivity contribution in [3.05, 3.63) is 28.7 Å². The van der Waals surface area contributed by atoms with Crippen LogP contribution in [0.2, 0.25) is 0 Å². The van der Waals surface area contributed by atoms with Gasteiger partial charge in [0.1, 0.15) is 12.6 Å². The predicted octanol–water partition coefficient (Wildman–Crippen LogP) is -0.960. The summed E-state index contributed by atoms with van der Waals surface area (Å²) in [5, 5.41) is 5.88. The maximum atomic E-state index is 12.6. The average molecular weight is 491 g/mol. The van der Waals surface area contributed by atoms with E-state index in [0.717, 1.165) is 4.47 Å². The number of nitrogens with zero attached hydrogens (tertiary/aromatic N) is 2. The molecule has 0 aliphatic carbocycles. The minimum atomic E-state index is -3.86. The predicted molar refractivity (Wildman–Crippen MR) is 109 cm³/mol. The molecule has 1 aliphatic heterocycles. The number of oxime groups is 1. The number of guanidine groups is 1. The molecule has 1 atom stereocenters. The number of benzene rings is 1. The van der Waals surface area contributed by atoms with Crippen LogP contribution in [0, 0.1) is 0 Å². The lowest BCUT2D eigenvalue weighted by Gasteiger charge is -2.32. The average Bonchev–Trinajstić information content (AvgIpc) is 2.64. The van der Waals surface area contributed by atoms with Crippen molar-refractivity contribution in [3.63, 3.8) is 0 Å². The van der Waals surface area contributed by atoms with Crippen LogP contribution in [-0.4, -0.2) is 63.4 Å². The molecule has 1 aliphatic rings. The smallest absolute Gasteiger partial charge is 0.241 e. The molecule has 2 rings (SSSR count). The molecule has 0 saturated carbocycles. The molecule has 1 saturated heterocycles. The third-order valence-corrected chi connectivity index (χ3v) is 5.99. The van der Waals surface area contributed by atoms with Crippen LogP contribution in [0.5, 0.6) is 0 Å². The number of likely N-dealkylation sites (tertiary alicyclic amines) is 1. The monoisotopic (exact) mass is 490 g/mol. The number of rotatable bonds is 9. The largest absolute Gasteiger partial charge is 0.391 e. The van der Waals surface area contributed by atoms with Crippen LogP contribution >= 0.6 is 15.9 Å². The SMILES string of the molecule is NC(N)=NOCCNC(=O)CN1CCC[C@H](NS(=O)(=O)c2ccc(Br)cc2)C1=O. The molecular weight excluding hydrogens is 468 g/mol. The van der Waals surface area contributed by atoms with E-state index in [1.807, 2.05) is 0 Å². The van der Waals surface area contributed by atoms with E-state index in [-0.39, 0.29) is 30.6 Å². The normalized spacial score (nSPS) is 16.9. The lowest BCUT2D eigenvalue weighted by molar-refractivity contribution is -0.139. The zero-order chi connectivity index (χ0) is 21.4. The number of nitrogens with two attached hydrogens (primary N) is 2. The molecule has 29 heavy (non-hydrogen) atoms. The highest BCUT2D eigenvalue weighted by Gasteiger charge is 2.33. The van der Waals surface area contributed by atoms with Crippen molar-refractivity contribution < 1.29 is 22.8 Å². The first-order valence-corrected chi connectivity index (χ1v) is 11.0. The lowest BCUT2D eigenvalue weighted by atomic mass is 10.1. The van der Waals surface area contributed by atoms with Gasteiger partial charge in [-0.2, -0.15) is 4.72 Å². The van der Waals surface area contributed by atoms with Crippen LogP contribution in [0.3, 0.4) is 0 Å². The summed E-state index contributed by atoms with van der Waals surface area (Å²) in [5.74, 6) is -1.07. The second-order valence-electron chi connectivity index (χ2n) is 6.23. The number of hydrogen-bond acceptors (Lipinski definition) is 6. The summed E-state index contributed by atoms with van der Waals surface area (Å²) >= 11 is 3.24. The summed E-state index contributed by atoms with van der Waals surface area (Å²) in [7, 11) is -3.86. The van der Waals surface area contributed by atoms with Gasteiger partial charge in [0.2, 0.25) is 27.8 Å². The fourth-order valence-corrected chi connectivity index (χ4v) is 4.15. The Kier molecular flexibility index (Phi) is 8.22. The van der Waals surface area contributed by atoms with Crippen LogP contribution < -0.4 is 21.5 Å². The molecule has 1 fully saturated rings. The van der Waals surface area contributed by atoms with E-state index in [4.69, 9.17) is 16.3 Å². The molecule has 1 aromatic rings. The van der Waals surface area contributed by atoms with Crippen LogP contribution in [0.1, 0.15) is 12.8 Å². The Labute approximate surface area is 177 Å². The number of carbonyl (C=O) groups excluding carboxylic acids is 2. The molecule has 0 spiro atoms. The summed E-state index contributed by atoms with van der Waals surface area (Å²) in [6.07, 6.45) is 0.930. The fourth-order valence-electron chi connectivity index (χ4n) is 2.66. The second kappa shape index (κ2) is 10.4. The molecule has 0 unspecified atom stereocenters. The number of hydrogen-bond donors (Lipinski definition) is 4. The highest BCUT2D eigenvalue weighted by molar-refractivity contribution is 9.10. The van der Waals surface area contributed by atoms with Crippen molar-refractivity contribution in [3.8, 4) is 0 Å². The van der Waals surface area contributed by atoms with E-state index in [9.17, 15) is 18.0 Å². The summed E-state index contributed by atoms with van der Waals surface area (Å²) in [6.45, 7) is 0.398. The van der Waals surface area contributed by atoms with E-state index in [1.165, 1.54) is 17.0 Å². The molecule has 1 aromatic carbocycles. The molecule has 2 amide bonds. The summed E-state index contributed by atoms with van der Waals surface area (Å²) < 4.78 is 28.2. The number of piperidine rings is 1. The summed E-state index contributed by atoms with van der Waals surface area (Å²) in [6, 6.07) is 5.16. The van der Waals surface area contributed by atoms with Gasteiger partial charge < -0.3 is 26.5 Å². The number of sulfonamides is 1. The molecule has 1 heterocycles. The van der Waals surface area contributed by atoms with Crippen molar-refractivity contribution in [2.24, 2.45) is 16.6 Å². The maximum absolute atomic E-state index is 12.6. The topological polar surface area (TPSA) is 169 Å². The molecule has 13 heteroatoms. The van der Waals surface area contributed by atoms with E-state index >= 15 is 0 Å². The zero-order valence-electron chi connectivity index (χ0n) is 15.5. The molecule has 160 valence electrons. The minimum absolute atomic E-state index is 0.0594. The summed E-state index contributed by atoms with van der Waals surface area (Å²) in [4.78, 5) is 30.8.